The number of aliphatic carboxylic acids is 1. The number of hydrogen-bond acceptors (Lipinski definition) is 3. The van der Waals surface area contributed by atoms with Gasteiger partial charge in [0, 0.05) is 6.42 Å². The van der Waals surface area contributed by atoms with E-state index in [1.807, 2.05) is 0 Å². The van der Waals surface area contributed by atoms with Crippen molar-refractivity contribution in [2.24, 2.45) is 5.73 Å². The van der Waals surface area contributed by atoms with E-state index in [-0.39, 0.29) is 0 Å². The number of carboxylic acid groups (broad SMARTS) is 1. The van der Waals surface area contributed by atoms with Gasteiger partial charge in [-0.3, -0.25) is 4.79 Å². The third-order valence-electron chi connectivity index (χ3n) is 2.49. The Hall–Kier alpha value is -1.24. The Morgan fingerprint density at radius 1 is 1.06 bits per heavy atom. The normalized spacial score (nSPS) is 8.94. The quantitative estimate of drug-likeness (QED) is 0.349. The average molecular weight is 242 g/mol. The summed E-state index contributed by atoms with van der Waals surface area (Å²) in [7, 11) is 0. The molecule has 3 N–H and O–H groups in total. The molecule has 0 aromatic rings. The smallest absolute Gasteiger partial charge is 0.303 e. The fourth-order valence-electron chi connectivity index (χ4n) is 1.59. The standard InChI is InChI=1S/C12H24O2.CH2N2/c1-2-3-4-5-6-7-8-9-10-11-12(13)14;2-1-3/h2-11H2,1H3,(H,13,14);2H2. The molecule has 0 saturated heterocycles. The molecule has 0 bridgehead atoms. The van der Waals surface area contributed by atoms with Crippen molar-refractivity contribution in [1.29, 1.82) is 5.26 Å². The van der Waals surface area contributed by atoms with E-state index in [0.717, 1.165) is 12.8 Å². The lowest BCUT2D eigenvalue weighted by atomic mass is 10.1. The van der Waals surface area contributed by atoms with E-state index >= 15 is 0 Å². The Balaban J connectivity index is 0. The maximum absolute atomic E-state index is 10.2. The fraction of sp³-hybridized carbons (Fsp3) is 0.846. The summed E-state index contributed by atoms with van der Waals surface area (Å²) in [5.41, 5.74) is 4.15. The third kappa shape index (κ3) is 25.2. The van der Waals surface area contributed by atoms with Gasteiger partial charge < -0.3 is 10.8 Å². The minimum atomic E-state index is -0.659. The van der Waals surface area contributed by atoms with Crippen LogP contribution in [-0.4, -0.2) is 11.1 Å². The Labute approximate surface area is 105 Å². The van der Waals surface area contributed by atoms with E-state index in [9.17, 15) is 4.79 Å². The average Bonchev–Trinajstić information content (AvgIpc) is 2.27. The van der Waals surface area contributed by atoms with E-state index in [4.69, 9.17) is 10.4 Å². The molecule has 0 rings (SSSR count). The molecule has 0 aromatic heterocycles. The van der Waals surface area contributed by atoms with Crippen LogP contribution in [0.25, 0.3) is 0 Å². The highest BCUT2D eigenvalue weighted by atomic mass is 16.4. The summed E-state index contributed by atoms with van der Waals surface area (Å²) in [5, 5.41) is 15.5. The molecule has 0 fully saturated rings. The second-order valence-electron chi connectivity index (χ2n) is 4.10. The first-order valence-corrected chi connectivity index (χ1v) is 6.50. The van der Waals surface area contributed by atoms with Crippen LogP contribution in [0.1, 0.15) is 71.1 Å². The summed E-state index contributed by atoms with van der Waals surface area (Å²) < 4.78 is 0. The van der Waals surface area contributed by atoms with Gasteiger partial charge in [0.2, 0.25) is 0 Å². The molecule has 0 aliphatic heterocycles. The van der Waals surface area contributed by atoms with Crippen LogP contribution in [0.3, 0.4) is 0 Å². The number of rotatable bonds is 10. The van der Waals surface area contributed by atoms with Crippen molar-refractivity contribution in [3.8, 4) is 6.19 Å². The van der Waals surface area contributed by atoms with Crippen LogP contribution >= 0.6 is 0 Å². The number of carbonyl (C=O) groups is 1. The van der Waals surface area contributed by atoms with Crippen LogP contribution in [0.4, 0.5) is 0 Å². The lowest BCUT2D eigenvalue weighted by molar-refractivity contribution is -0.137. The lowest BCUT2D eigenvalue weighted by Crippen LogP contribution is -1.93. The highest BCUT2D eigenvalue weighted by Crippen LogP contribution is 2.10. The van der Waals surface area contributed by atoms with E-state index in [1.165, 1.54) is 51.1 Å². The van der Waals surface area contributed by atoms with Crippen molar-refractivity contribution in [2.75, 3.05) is 0 Å². The molecule has 100 valence electrons. The van der Waals surface area contributed by atoms with Crippen LogP contribution in [-0.2, 0) is 4.79 Å². The van der Waals surface area contributed by atoms with Gasteiger partial charge in [-0.2, -0.15) is 5.26 Å². The molecule has 0 heterocycles. The third-order valence-corrected chi connectivity index (χ3v) is 2.49. The van der Waals surface area contributed by atoms with Crippen molar-refractivity contribution in [3.05, 3.63) is 0 Å². The molecule has 0 aromatic carbocycles. The summed E-state index contributed by atoms with van der Waals surface area (Å²) in [4.78, 5) is 10.2. The summed E-state index contributed by atoms with van der Waals surface area (Å²) in [6.45, 7) is 2.23. The zero-order valence-corrected chi connectivity index (χ0v) is 11.0. The predicted molar refractivity (Wildman–Crippen MR) is 69.3 cm³/mol. The SMILES string of the molecule is CCCCCCCCCCCC(=O)O.N#CN. The first-order chi connectivity index (χ1) is 8.18. The molecule has 17 heavy (non-hydrogen) atoms. The number of hydrogen-bond donors (Lipinski definition) is 2. The van der Waals surface area contributed by atoms with Crippen molar-refractivity contribution < 1.29 is 9.90 Å². The largest absolute Gasteiger partial charge is 0.481 e. The van der Waals surface area contributed by atoms with Gasteiger partial charge in [0.1, 0.15) is 0 Å². The van der Waals surface area contributed by atoms with Gasteiger partial charge in [0.05, 0.1) is 0 Å². The number of carboxylic acids is 1. The minimum Gasteiger partial charge on any atom is -0.481 e. The van der Waals surface area contributed by atoms with Gasteiger partial charge in [0.25, 0.3) is 0 Å². The van der Waals surface area contributed by atoms with Crippen molar-refractivity contribution in [3.63, 3.8) is 0 Å². The fourth-order valence-corrected chi connectivity index (χ4v) is 1.59. The van der Waals surface area contributed by atoms with Crippen molar-refractivity contribution in [1.82, 2.24) is 0 Å². The van der Waals surface area contributed by atoms with Crippen LogP contribution in [0.5, 0.6) is 0 Å². The van der Waals surface area contributed by atoms with E-state index in [2.05, 4.69) is 12.7 Å². The molecule has 4 heteroatoms. The molecule has 0 aliphatic rings. The van der Waals surface area contributed by atoms with E-state index in [1.54, 1.807) is 0 Å². The summed E-state index contributed by atoms with van der Waals surface area (Å²) in [5.74, 6) is -0.659. The molecule has 0 aliphatic carbocycles. The second kappa shape index (κ2) is 17.2. The zero-order valence-electron chi connectivity index (χ0n) is 11.0. The molecule has 0 saturated carbocycles. The van der Waals surface area contributed by atoms with Crippen LogP contribution in [0, 0.1) is 11.5 Å². The molecular weight excluding hydrogens is 216 g/mol. The highest BCUT2D eigenvalue weighted by molar-refractivity contribution is 5.66. The first-order valence-electron chi connectivity index (χ1n) is 6.50. The Kier molecular flexibility index (Phi) is 18.3. The Morgan fingerprint density at radius 3 is 1.76 bits per heavy atom. The molecule has 0 unspecified atom stereocenters. The van der Waals surface area contributed by atoms with Gasteiger partial charge >= 0.3 is 5.97 Å². The highest BCUT2D eigenvalue weighted by Gasteiger charge is 1.96. The first kappa shape index (κ1) is 18.1. The second-order valence-corrected chi connectivity index (χ2v) is 4.10. The van der Waals surface area contributed by atoms with Gasteiger partial charge in [-0.1, -0.05) is 58.3 Å². The molecule has 0 spiro atoms. The summed E-state index contributed by atoms with van der Waals surface area (Å²) in [6.07, 6.45) is 12.7. The molecular formula is C13H26N2O2. The zero-order chi connectivity index (χ0) is 13.4. The Bertz CT molecular complexity index is 200. The Morgan fingerprint density at radius 2 is 1.41 bits per heavy atom. The maximum atomic E-state index is 10.2. The predicted octanol–water partition coefficient (Wildman–Crippen LogP) is 3.42. The molecule has 0 atom stereocenters. The van der Waals surface area contributed by atoms with Crippen LogP contribution in [0.2, 0.25) is 0 Å². The van der Waals surface area contributed by atoms with Gasteiger partial charge in [-0.15, -0.1) is 0 Å². The van der Waals surface area contributed by atoms with Gasteiger partial charge in [0.15, 0.2) is 6.19 Å². The van der Waals surface area contributed by atoms with Crippen molar-refractivity contribution >= 4 is 5.97 Å². The summed E-state index contributed by atoms with van der Waals surface area (Å²) in [6, 6.07) is 0. The van der Waals surface area contributed by atoms with Crippen LogP contribution < -0.4 is 5.73 Å². The maximum Gasteiger partial charge on any atom is 0.303 e. The van der Waals surface area contributed by atoms with E-state index < -0.39 is 5.97 Å². The molecule has 4 nitrogen and oxygen atoms in total. The van der Waals surface area contributed by atoms with E-state index in [0.29, 0.717) is 6.42 Å². The topological polar surface area (TPSA) is 87.1 Å². The molecule has 0 radical (unpaired) electrons. The van der Waals surface area contributed by atoms with Crippen molar-refractivity contribution in [2.45, 2.75) is 71.1 Å². The number of nitrogens with zero attached hydrogens (tertiary/aromatic N) is 1. The monoisotopic (exact) mass is 242 g/mol. The number of nitrogens with two attached hydrogens (primary N) is 1. The minimum absolute atomic E-state index is 0.343. The number of unbranched alkanes of at least 4 members (excludes halogenated alkanes) is 8. The lowest BCUT2D eigenvalue weighted by Gasteiger charge is -2.00. The molecule has 0 amide bonds. The van der Waals surface area contributed by atoms with Crippen LogP contribution in [0.15, 0.2) is 0 Å². The van der Waals surface area contributed by atoms with Gasteiger partial charge in [-0.25, -0.2) is 0 Å². The summed E-state index contributed by atoms with van der Waals surface area (Å²) >= 11 is 0. The van der Waals surface area contributed by atoms with Gasteiger partial charge in [-0.05, 0) is 6.42 Å². The number of nitriles is 1.